The molecule has 0 atom stereocenters. The van der Waals surface area contributed by atoms with Gasteiger partial charge in [-0.1, -0.05) is 11.2 Å². The molecule has 3 heterocycles. The number of hydrogen-bond donors (Lipinski definition) is 1. The second kappa shape index (κ2) is 8.48. The van der Waals surface area contributed by atoms with Crippen molar-refractivity contribution in [2.24, 2.45) is 0 Å². The minimum Gasteiger partial charge on any atom is -0.353 e. The van der Waals surface area contributed by atoms with Crippen molar-refractivity contribution in [3.63, 3.8) is 0 Å². The van der Waals surface area contributed by atoms with Gasteiger partial charge in [0, 0.05) is 43.6 Å². The molecule has 0 unspecified atom stereocenters. The average molecular weight is 446 g/mol. The zero-order valence-electron chi connectivity index (χ0n) is 17.5. The van der Waals surface area contributed by atoms with Crippen LogP contribution in [0.5, 0.6) is 0 Å². The number of nitrogens with one attached hydrogen (secondary N) is 1. The number of alkyl halides is 3. The lowest BCUT2D eigenvalue weighted by molar-refractivity contribution is -0.159. The molecule has 1 N–H and O–H groups in total. The first-order chi connectivity index (χ1) is 15.2. The maximum absolute atomic E-state index is 12.6. The summed E-state index contributed by atoms with van der Waals surface area (Å²) >= 11 is 0. The SMILES string of the molecule is Cc1ccc(NC(=O)N2CCN(c3ccc(-c4noc(C(F)(F)F)n4)cn3)CC2)cc1C. The van der Waals surface area contributed by atoms with Gasteiger partial charge in [-0.2, -0.15) is 18.2 Å². The van der Waals surface area contributed by atoms with E-state index in [0.717, 1.165) is 16.8 Å². The fraction of sp³-hybridized carbons (Fsp3) is 0.333. The van der Waals surface area contributed by atoms with Gasteiger partial charge in [-0.05, 0) is 49.2 Å². The maximum atomic E-state index is 12.6. The van der Waals surface area contributed by atoms with Crippen LogP contribution in [0.15, 0.2) is 41.1 Å². The van der Waals surface area contributed by atoms with E-state index in [1.54, 1.807) is 17.0 Å². The first kappa shape index (κ1) is 21.6. The number of urea groups is 1. The van der Waals surface area contributed by atoms with Crippen LogP contribution in [-0.2, 0) is 6.18 Å². The zero-order valence-corrected chi connectivity index (χ0v) is 17.5. The Bertz CT molecular complexity index is 1110. The molecular weight excluding hydrogens is 425 g/mol. The van der Waals surface area contributed by atoms with Crippen LogP contribution in [0.2, 0.25) is 0 Å². The maximum Gasteiger partial charge on any atom is 0.471 e. The van der Waals surface area contributed by atoms with Crippen LogP contribution in [0.4, 0.5) is 29.5 Å². The quantitative estimate of drug-likeness (QED) is 0.651. The van der Waals surface area contributed by atoms with Crippen LogP contribution < -0.4 is 10.2 Å². The van der Waals surface area contributed by atoms with Gasteiger partial charge in [-0.15, -0.1) is 0 Å². The van der Waals surface area contributed by atoms with Crippen LogP contribution in [0.25, 0.3) is 11.4 Å². The van der Waals surface area contributed by atoms with Crippen molar-refractivity contribution in [3.8, 4) is 11.4 Å². The smallest absolute Gasteiger partial charge is 0.353 e. The lowest BCUT2D eigenvalue weighted by Crippen LogP contribution is -2.50. The minimum absolute atomic E-state index is 0.159. The van der Waals surface area contributed by atoms with Crippen LogP contribution in [-0.4, -0.2) is 52.2 Å². The lowest BCUT2D eigenvalue weighted by atomic mass is 10.1. The third-order valence-electron chi connectivity index (χ3n) is 5.32. The molecule has 1 aromatic carbocycles. The minimum atomic E-state index is -4.69. The highest BCUT2D eigenvalue weighted by Crippen LogP contribution is 2.29. The molecule has 0 saturated carbocycles. The third-order valence-corrected chi connectivity index (χ3v) is 5.32. The summed E-state index contributed by atoms with van der Waals surface area (Å²) < 4.78 is 42.1. The molecule has 0 bridgehead atoms. The first-order valence-electron chi connectivity index (χ1n) is 9.96. The number of carbonyl (C=O) groups excluding carboxylic acids is 1. The first-order valence-corrected chi connectivity index (χ1v) is 9.96. The molecule has 32 heavy (non-hydrogen) atoms. The number of aryl methyl sites for hydroxylation is 2. The van der Waals surface area contributed by atoms with Gasteiger partial charge in [0.15, 0.2) is 0 Å². The molecule has 1 aliphatic rings. The topological polar surface area (TPSA) is 87.4 Å². The highest BCUT2D eigenvalue weighted by Gasteiger charge is 2.38. The molecule has 2 amide bonds. The average Bonchev–Trinajstić information content (AvgIpc) is 3.28. The number of aromatic nitrogens is 3. The molecular formula is C21H21F3N6O2. The summed E-state index contributed by atoms with van der Waals surface area (Å²) in [6.07, 6.45) is -3.29. The van der Waals surface area contributed by atoms with Gasteiger partial charge in [-0.3, -0.25) is 0 Å². The van der Waals surface area contributed by atoms with Gasteiger partial charge >= 0.3 is 18.1 Å². The third kappa shape index (κ3) is 4.66. The van der Waals surface area contributed by atoms with E-state index in [9.17, 15) is 18.0 Å². The molecule has 4 rings (SSSR count). The van der Waals surface area contributed by atoms with Crippen molar-refractivity contribution >= 4 is 17.5 Å². The monoisotopic (exact) mass is 446 g/mol. The zero-order chi connectivity index (χ0) is 22.9. The number of hydrogen-bond acceptors (Lipinski definition) is 6. The second-order valence-electron chi connectivity index (χ2n) is 7.53. The molecule has 0 aliphatic carbocycles. The summed E-state index contributed by atoms with van der Waals surface area (Å²) in [6, 6.07) is 8.90. The summed E-state index contributed by atoms with van der Waals surface area (Å²) in [6.45, 7) is 6.19. The Morgan fingerprint density at radius 2 is 1.81 bits per heavy atom. The van der Waals surface area contributed by atoms with E-state index in [2.05, 4.69) is 25.0 Å². The van der Waals surface area contributed by atoms with Crippen LogP contribution in [0, 0.1) is 13.8 Å². The Balaban J connectivity index is 1.34. The normalized spacial score (nSPS) is 14.5. The number of amides is 2. The van der Waals surface area contributed by atoms with E-state index in [1.165, 1.54) is 6.20 Å². The fourth-order valence-electron chi connectivity index (χ4n) is 3.32. The Labute approximate surface area is 182 Å². The van der Waals surface area contributed by atoms with Crippen molar-refractivity contribution in [2.75, 3.05) is 36.4 Å². The van der Waals surface area contributed by atoms with Gasteiger partial charge in [0.25, 0.3) is 0 Å². The summed E-state index contributed by atoms with van der Waals surface area (Å²) in [4.78, 5) is 24.0. The summed E-state index contributed by atoms with van der Waals surface area (Å²) in [5.74, 6) is -0.918. The molecule has 1 saturated heterocycles. The number of benzene rings is 1. The molecule has 1 fully saturated rings. The van der Waals surface area contributed by atoms with E-state index in [-0.39, 0.29) is 11.9 Å². The molecule has 11 heteroatoms. The Kier molecular flexibility index (Phi) is 5.72. The number of halogens is 3. The summed E-state index contributed by atoms with van der Waals surface area (Å²) in [5.41, 5.74) is 3.35. The molecule has 3 aromatic rings. The van der Waals surface area contributed by atoms with Crippen molar-refractivity contribution in [1.29, 1.82) is 0 Å². The number of nitrogens with zero attached hydrogens (tertiary/aromatic N) is 5. The van der Waals surface area contributed by atoms with Gasteiger partial charge in [-0.25, -0.2) is 9.78 Å². The van der Waals surface area contributed by atoms with Crippen LogP contribution in [0.3, 0.4) is 0 Å². The van der Waals surface area contributed by atoms with Gasteiger partial charge < -0.3 is 19.6 Å². The highest BCUT2D eigenvalue weighted by atomic mass is 19.4. The highest BCUT2D eigenvalue weighted by molar-refractivity contribution is 5.89. The predicted octanol–water partition coefficient (Wildman–Crippen LogP) is 4.12. The molecule has 2 aromatic heterocycles. The van der Waals surface area contributed by atoms with Crippen LogP contribution >= 0.6 is 0 Å². The Morgan fingerprint density at radius 3 is 2.41 bits per heavy atom. The second-order valence-corrected chi connectivity index (χ2v) is 7.53. The number of piperazine rings is 1. The van der Waals surface area contributed by atoms with Gasteiger partial charge in [0.1, 0.15) is 5.82 Å². The van der Waals surface area contributed by atoms with E-state index in [1.807, 2.05) is 36.9 Å². The Morgan fingerprint density at radius 1 is 1.06 bits per heavy atom. The predicted molar refractivity (Wildman–Crippen MR) is 111 cm³/mol. The van der Waals surface area contributed by atoms with E-state index < -0.39 is 12.1 Å². The number of carbonyl (C=O) groups is 1. The summed E-state index contributed by atoms with van der Waals surface area (Å²) in [7, 11) is 0. The van der Waals surface area contributed by atoms with Crippen molar-refractivity contribution in [1.82, 2.24) is 20.0 Å². The molecule has 168 valence electrons. The number of pyridine rings is 1. The van der Waals surface area contributed by atoms with E-state index in [0.29, 0.717) is 37.6 Å². The number of rotatable bonds is 3. The van der Waals surface area contributed by atoms with Gasteiger partial charge in [0.05, 0.1) is 0 Å². The Hall–Kier alpha value is -3.63. The van der Waals surface area contributed by atoms with E-state index in [4.69, 9.17) is 0 Å². The van der Waals surface area contributed by atoms with Crippen molar-refractivity contribution in [2.45, 2.75) is 20.0 Å². The standard InChI is InChI=1S/C21H21F3N6O2/c1-13-3-5-16(11-14(13)2)26-20(31)30-9-7-29(8-10-30)17-6-4-15(12-25-17)18-27-19(32-28-18)21(22,23)24/h3-6,11-12H,7-10H2,1-2H3,(H,26,31). The van der Waals surface area contributed by atoms with Crippen molar-refractivity contribution < 1.29 is 22.5 Å². The largest absolute Gasteiger partial charge is 0.471 e. The molecule has 8 nitrogen and oxygen atoms in total. The summed E-state index contributed by atoms with van der Waals surface area (Å²) in [5, 5.41) is 6.28. The fourth-order valence-corrected chi connectivity index (χ4v) is 3.32. The number of anilines is 2. The van der Waals surface area contributed by atoms with E-state index >= 15 is 0 Å². The molecule has 0 spiro atoms. The lowest BCUT2D eigenvalue weighted by Gasteiger charge is -2.35. The molecule has 0 radical (unpaired) electrons. The van der Waals surface area contributed by atoms with Crippen LogP contribution in [0.1, 0.15) is 17.0 Å². The van der Waals surface area contributed by atoms with Crippen molar-refractivity contribution in [3.05, 3.63) is 53.5 Å². The van der Waals surface area contributed by atoms with Gasteiger partial charge in [0.2, 0.25) is 5.82 Å². The molecule has 1 aliphatic heterocycles.